The van der Waals surface area contributed by atoms with Gasteiger partial charge < -0.3 is 71.1 Å². The van der Waals surface area contributed by atoms with Crippen LogP contribution in [-0.2, 0) is 63.9 Å². The number of nitrogens with one attached hydrogen (secondary N) is 7. The zero-order valence-electron chi connectivity index (χ0n) is 49.7. The van der Waals surface area contributed by atoms with E-state index in [1.807, 2.05) is 33.8 Å². The van der Waals surface area contributed by atoms with Crippen molar-refractivity contribution in [2.45, 2.75) is 205 Å². The highest BCUT2D eigenvalue weighted by molar-refractivity contribution is 6.01. The first kappa shape index (κ1) is 65.9. The Morgan fingerprint density at radius 2 is 1.17 bits per heavy atom. The second-order valence-electron chi connectivity index (χ2n) is 24.9. The van der Waals surface area contributed by atoms with Crippen molar-refractivity contribution < 1.29 is 67.2 Å². The van der Waals surface area contributed by atoms with E-state index in [2.05, 4.69) is 37.2 Å². The number of ether oxygens (including phenoxy) is 4. The largest absolute Gasteiger partial charge is 0.445 e. The summed E-state index contributed by atoms with van der Waals surface area (Å²) >= 11 is 0. The highest BCUT2D eigenvalue weighted by Crippen LogP contribution is 2.31. The molecule has 5 rings (SSSR count). The van der Waals surface area contributed by atoms with Gasteiger partial charge in [0.05, 0.1) is 24.9 Å². The van der Waals surface area contributed by atoms with Crippen LogP contribution in [0.5, 0.6) is 0 Å². The molecule has 9 amide bonds. The molecule has 0 saturated carbocycles. The Kier molecular flexibility index (Phi) is 23.9. The van der Waals surface area contributed by atoms with E-state index in [1.165, 1.54) is 23.6 Å². The van der Waals surface area contributed by atoms with E-state index < -0.39 is 112 Å². The quantitative estimate of drug-likeness (QED) is 0.0699. The Bertz CT molecular complexity index is 2330. The van der Waals surface area contributed by atoms with Gasteiger partial charge in [-0.1, -0.05) is 71.9 Å². The molecule has 1 aromatic rings. The second kappa shape index (κ2) is 29.4. The van der Waals surface area contributed by atoms with E-state index >= 15 is 0 Å². The molecule has 0 unspecified atom stereocenters. The fourth-order valence-electron chi connectivity index (χ4n) is 10.7. The molecule has 0 aliphatic carbocycles. The summed E-state index contributed by atoms with van der Waals surface area (Å²) in [7, 11) is 0. The minimum absolute atomic E-state index is 0.0502. The van der Waals surface area contributed by atoms with Gasteiger partial charge in [-0.3, -0.25) is 38.4 Å². The summed E-state index contributed by atoms with van der Waals surface area (Å²) in [5, 5.41) is 29.9. The maximum Gasteiger partial charge on any atom is 0.408 e. The zero-order chi connectivity index (χ0) is 59.9. The SMILES string of the molecule is CC(C)C[C@@H](CO)NC(=O)[C@@H]1CCCN1C(=O)C1(NC(=O)[C@H](CC(C)C)NC(=O)C(C)(C)NC(=O)[C@@H]2CCCN2C(=O)C2(NC(=O)[C@@H](NC(=O)[C@H](COC(C)(C)C)NC(=O)OCc3ccccc3)C(C)C)CCOCC2)CCOCC1. The standard InChI is InChI=1S/C58H93N9O14/c1-36(2)31-40(33-68)59-48(71)43-19-15-25-66(43)52(75)57(21-27-78-28-22-57)64-47(70)41(32-37(3)4)60-51(74)56(10,11)63-49(72)44-20-16-26-67(44)53(76)58(23-29-79-30-24-58)65-50(73)45(38(5)6)62-46(69)42(35-81-55(7,8)9)61-54(77)80-34-39-17-13-12-14-18-39/h12-14,17-18,36-38,40-45,68H,15-16,19-35H2,1-11H3,(H,59,71)(H,60,74)(H,61,77)(H,62,69)(H,63,72)(H,64,70)(H,65,73)/t40-,41-,42-,43-,44-,45-/m0/s1. The van der Waals surface area contributed by atoms with E-state index in [-0.39, 0.29) is 109 Å². The molecule has 81 heavy (non-hydrogen) atoms. The van der Waals surface area contributed by atoms with Gasteiger partial charge in [0.1, 0.15) is 53.4 Å². The van der Waals surface area contributed by atoms with Crippen LogP contribution in [0.4, 0.5) is 4.79 Å². The van der Waals surface area contributed by atoms with Crippen molar-refractivity contribution in [3.63, 3.8) is 0 Å². The number of amides is 9. The average molecular weight is 1140 g/mol. The number of hydrogen-bond donors (Lipinski definition) is 8. The maximum absolute atomic E-state index is 15.0. The van der Waals surface area contributed by atoms with Gasteiger partial charge in [-0.15, -0.1) is 0 Å². The van der Waals surface area contributed by atoms with Crippen molar-refractivity contribution >= 4 is 53.4 Å². The van der Waals surface area contributed by atoms with Gasteiger partial charge in [0, 0.05) is 65.2 Å². The number of aliphatic hydroxyl groups is 1. The van der Waals surface area contributed by atoms with Crippen LogP contribution >= 0.6 is 0 Å². The average Bonchev–Trinajstić information content (AvgIpc) is 4.25. The third kappa shape index (κ3) is 18.5. The monoisotopic (exact) mass is 1140 g/mol. The van der Waals surface area contributed by atoms with Crippen molar-refractivity contribution in [1.82, 2.24) is 47.0 Å². The molecule has 1 aromatic carbocycles. The summed E-state index contributed by atoms with van der Waals surface area (Å²) in [6, 6.07) is 3.06. The van der Waals surface area contributed by atoms with Crippen LogP contribution in [0, 0.1) is 17.8 Å². The van der Waals surface area contributed by atoms with Crippen molar-refractivity contribution in [2.75, 3.05) is 52.7 Å². The minimum Gasteiger partial charge on any atom is -0.445 e. The first-order chi connectivity index (χ1) is 38.1. The van der Waals surface area contributed by atoms with Gasteiger partial charge in [0.2, 0.25) is 47.3 Å². The number of hydrogen-bond acceptors (Lipinski definition) is 14. The van der Waals surface area contributed by atoms with E-state index in [1.54, 1.807) is 58.9 Å². The number of carbonyl (C=O) groups is 9. The lowest BCUT2D eigenvalue weighted by Crippen LogP contribution is -2.68. The Morgan fingerprint density at radius 3 is 1.67 bits per heavy atom. The lowest BCUT2D eigenvalue weighted by Gasteiger charge is -2.42. The summed E-state index contributed by atoms with van der Waals surface area (Å²) in [6.45, 7) is 20.0. The Hall–Kier alpha value is -5.91. The number of alkyl carbamates (subject to hydrolysis) is 1. The molecule has 0 aromatic heterocycles. The highest BCUT2D eigenvalue weighted by Gasteiger charge is 2.51. The molecular formula is C58H93N9O14. The maximum atomic E-state index is 15.0. The number of likely N-dealkylation sites (tertiary alicyclic amines) is 2. The van der Waals surface area contributed by atoms with Crippen molar-refractivity contribution in [2.24, 2.45) is 17.8 Å². The summed E-state index contributed by atoms with van der Waals surface area (Å²) in [4.78, 5) is 131. The number of carbonyl (C=O) groups excluding carboxylic acids is 9. The van der Waals surface area contributed by atoms with Gasteiger partial charge in [0.15, 0.2) is 0 Å². The van der Waals surface area contributed by atoms with Gasteiger partial charge in [-0.05, 0) is 96.5 Å². The molecule has 0 bridgehead atoms. The molecule has 0 spiro atoms. The van der Waals surface area contributed by atoms with E-state index in [4.69, 9.17) is 18.9 Å². The first-order valence-electron chi connectivity index (χ1n) is 29.0. The summed E-state index contributed by atoms with van der Waals surface area (Å²) < 4.78 is 22.6. The number of aliphatic hydroxyl groups excluding tert-OH is 1. The van der Waals surface area contributed by atoms with Crippen LogP contribution in [0.2, 0.25) is 0 Å². The van der Waals surface area contributed by atoms with Crippen LogP contribution in [0.15, 0.2) is 30.3 Å². The van der Waals surface area contributed by atoms with E-state index in [0.717, 1.165) is 5.56 Å². The van der Waals surface area contributed by atoms with Crippen LogP contribution in [0.1, 0.15) is 146 Å². The highest BCUT2D eigenvalue weighted by atomic mass is 16.5. The fourth-order valence-corrected chi connectivity index (χ4v) is 10.7. The molecule has 4 fully saturated rings. The van der Waals surface area contributed by atoms with Gasteiger partial charge >= 0.3 is 6.09 Å². The Morgan fingerprint density at radius 1 is 0.654 bits per heavy atom. The molecular weight excluding hydrogens is 1050 g/mol. The third-order valence-electron chi connectivity index (χ3n) is 15.3. The van der Waals surface area contributed by atoms with Gasteiger partial charge in [0.25, 0.3) is 0 Å². The zero-order valence-corrected chi connectivity index (χ0v) is 49.7. The van der Waals surface area contributed by atoms with E-state index in [9.17, 15) is 48.3 Å². The smallest absolute Gasteiger partial charge is 0.408 e. The molecule has 4 heterocycles. The summed E-state index contributed by atoms with van der Waals surface area (Å²) in [5.74, 6) is -5.06. The first-order valence-corrected chi connectivity index (χ1v) is 29.0. The van der Waals surface area contributed by atoms with Crippen LogP contribution in [0.25, 0.3) is 0 Å². The Balaban J connectivity index is 1.27. The molecule has 23 nitrogen and oxygen atoms in total. The molecule has 4 aliphatic rings. The lowest BCUT2D eigenvalue weighted by atomic mass is 9.86. The predicted octanol–water partition coefficient (Wildman–Crippen LogP) is 2.50. The number of nitrogens with zero attached hydrogens (tertiary/aromatic N) is 2. The van der Waals surface area contributed by atoms with Crippen LogP contribution < -0.4 is 37.2 Å². The lowest BCUT2D eigenvalue weighted by molar-refractivity contribution is -0.151. The predicted molar refractivity (Wildman–Crippen MR) is 299 cm³/mol. The number of rotatable bonds is 25. The van der Waals surface area contributed by atoms with Crippen molar-refractivity contribution in [3.05, 3.63) is 35.9 Å². The fraction of sp³-hybridized carbons (Fsp3) is 0.741. The molecule has 23 heteroatoms. The minimum atomic E-state index is -1.63. The van der Waals surface area contributed by atoms with Crippen molar-refractivity contribution in [3.8, 4) is 0 Å². The molecule has 0 radical (unpaired) electrons. The molecule has 4 aliphatic heterocycles. The van der Waals surface area contributed by atoms with Gasteiger partial charge in [-0.2, -0.15) is 0 Å². The molecule has 8 N–H and O–H groups in total. The molecule has 454 valence electrons. The van der Waals surface area contributed by atoms with Crippen molar-refractivity contribution in [1.29, 1.82) is 0 Å². The van der Waals surface area contributed by atoms with E-state index in [0.29, 0.717) is 32.2 Å². The summed E-state index contributed by atoms with van der Waals surface area (Å²) in [5.41, 5.74) is -4.58. The number of benzene rings is 1. The van der Waals surface area contributed by atoms with Crippen LogP contribution in [-0.4, -0.2) is 179 Å². The topological polar surface area (TPSA) is 301 Å². The normalized spacial score (nSPS) is 20.6. The summed E-state index contributed by atoms with van der Waals surface area (Å²) in [6.07, 6.45) is 1.89. The van der Waals surface area contributed by atoms with Gasteiger partial charge in [-0.25, -0.2) is 4.79 Å². The molecule has 6 atom stereocenters. The molecule has 4 saturated heterocycles. The third-order valence-corrected chi connectivity index (χ3v) is 15.3. The second-order valence-corrected chi connectivity index (χ2v) is 24.9. The van der Waals surface area contributed by atoms with Crippen LogP contribution in [0.3, 0.4) is 0 Å². The Labute approximate surface area is 477 Å².